The fraction of sp³-hybridized carbons (Fsp3) is 0.917. The van der Waals surface area contributed by atoms with Crippen LogP contribution in [0.1, 0.15) is 96.3 Å². The molecule has 0 aromatic rings. The molecule has 3 N–H and O–H groups in total. The Balaban J connectivity index is 1.74. The van der Waals surface area contributed by atoms with Gasteiger partial charge in [0.05, 0.1) is 13.2 Å². The number of hydrogen-bond donors (Lipinski definition) is 3. The molecule has 0 aromatic carbocycles. The predicted octanol–water partition coefficient (Wildman–Crippen LogP) is 4.52. The molecule has 1 heterocycles. The van der Waals surface area contributed by atoms with Crippen LogP contribution in [0.3, 0.4) is 0 Å². The largest absolute Gasteiger partial charge is 0.388 e. The molecule has 0 spiro atoms. The Hall–Kier alpha value is -0.460. The fourth-order valence-corrected chi connectivity index (χ4v) is 3.88. The molecule has 0 amide bonds. The standard InChI is InChI=1S/C24H46O5/c1-2-3-4-5-6-7-8-9-10-11-12-13-14-15-16-17-18-28-19-22(26)24-23(27)21(25)20-29-24/h2,21-27H,1,3-20H2/t21-,22+,23-,24-/m1/s1. The van der Waals surface area contributed by atoms with Crippen molar-refractivity contribution in [2.24, 2.45) is 0 Å². The number of allylic oxidation sites excluding steroid dienone is 1. The molecule has 0 bridgehead atoms. The van der Waals surface area contributed by atoms with Crippen molar-refractivity contribution in [2.45, 2.75) is 121 Å². The summed E-state index contributed by atoms with van der Waals surface area (Å²) in [6.45, 7) is 4.59. The number of rotatable bonds is 20. The summed E-state index contributed by atoms with van der Waals surface area (Å²) in [6.07, 6.45) is 18.0. The molecule has 5 nitrogen and oxygen atoms in total. The molecule has 1 rings (SSSR count). The maximum atomic E-state index is 9.95. The molecule has 4 atom stereocenters. The summed E-state index contributed by atoms with van der Waals surface area (Å²) in [5.74, 6) is 0. The van der Waals surface area contributed by atoms with Crippen LogP contribution in [0.15, 0.2) is 12.7 Å². The molecule has 0 aliphatic carbocycles. The van der Waals surface area contributed by atoms with Crippen LogP contribution in [0.25, 0.3) is 0 Å². The lowest BCUT2D eigenvalue weighted by Gasteiger charge is -2.20. The van der Waals surface area contributed by atoms with E-state index in [4.69, 9.17) is 9.47 Å². The summed E-state index contributed by atoms with van der Waals surface area (Å²) >= 11 is 0. The first kappa shape index (κ1) is 26.6. The third-order valence-corrected chi connectivity index (χ3v) is 5.81. The highest BCUT2D eigenvalue weighted by molar-refractivity contribution is 4.87. The Kier molecular flexibility index (Phi) is 16.8. The van der Waals surface area contributed by atoms with Gasteiger partial charge in [0, 0.05) is 6.61 Å². The smallest absolute Gasteiger partial charge is 0.114 e. The van der Waals surface area contributed by atoms with Crippen LogP contribution < -0.4 is 0 Å². The van der Waals surface area contributed by atoms with Crippen molar-refractivity contribution < 1.29 is 24.8 Å². The maximum absolute atomic E-state index is 9.95. The number of hydrogen-bond acceptors (Lipinski definition) is 5. The third-order valence-electron chi connectivity index (χ3n) is 5.81. The van der Waals surface area contributed by atoms with Crippen molar-refractivity contribution in [3.8, 4) is 0 Å². The van der Waals surface area contributed by atoms with Crippen molar-refractivity contribution in [1.82, 2.24) is 0 Å². The Morgan fingerprint density at radius 1 is 0.828 bits per heavy atom. The average Bonchev–Trinajstić information content (AvgIpc) is 3.05. The lowest BCUT2D eigenvalue weighted by Crippen LogP contribution is -2.40. The van der Waals surface area contributed by atoms with Crippen LogP contribution in [0.5, 0.6) is 0 Å². The lowest BCUT2D eigenvalue weighted by atomic mass is 10.0. The molecular formula is C24H46O5. The van der Waals surface area contributed by atoms with Gasteiger partial charge in [-0.15, -0.1) is 6.58 Å². The molecule has 1 aliphatic heterocycles. The van der Waals surface area contributed by atoms with E-state index in [1.807, 2.05) is 6.08 Å². The summed E-state index contributed by atoms with van der Waals surface area (Å²) in [5, 5.41) is 29.0. The molecule has 5 heteroatoms. The molecule has 0 aromatic heterocycles. The molecule has 1 fully saturated rings. The molecular weight excluding hydrogens is 368 g/mol. The van der Waals surface area contributed by atoms with Gasteiger partial charge < -0.3 is 24.8 Å². The average molecular weight is 415 g/mol. The van der Waals surface area contributed by atoms with Crippen molar-refractivity contribution in [3.05, 3.63) is 12.7 Å². The first-order valence-electron chi connectivity index (χ1n) is 12.0. The minimum Gasteiger partial charge on any atom is -0.388 e. The Bertz CT molecular complexity index is 376. The number of unbranched alkanes of at least 4 members (excludes halogenated alkanes) is 14. The summed E-state index contributed by atoms with van der Waals surface area (Å²) in [5.41, 5.74) is 0. The van der Waals surface area contributed by atoms with Crippen molar-refractivity contribution in [2.75, 3.05) is 19.8 Å². The summed E-state index contributed by atoms with van der Waals surface area (Å²) in [4.78, 5) is 0. The zero-order chi connectivity index (χ0) is 21.2. The number of aliphatic hydroxyl groups excluding tert-OH is 3. The zero-order valence-electron chi connectivity index (χ0n) is 18.5. The van der Waals surface area contributed by atoms with Gasteiger partial charge in [0.2, 0.25) is 0 Å². The van der Waals surface area contributed by atoms with Crippen LogP contribution >= 0.6 is 0 Å². The normalized spacial score (nSPS) is 22.8. The first-order valence-corrected chi connectivity index (χ1v) is 12.0. The van der Waals surface area contributed by atoms with Crippen LogP contribution in [-0.2, 0) is 9.47 Å². The molecule has 172 valence electrons. The SMILES string of the molecule is C=CCCCCCCCCCCCCCCCCOC[C@H](O)[C@H]1OC[C@@H](O)[C@H]1O. The van der Waals surface area contributed by atoms with Crippen molar-refractivity contribution in [3.63, 3.8) is 0 Å². The molecule has 1 saturated heterocycles. The van der Waals surface area contributed by atoms with E-state index in [1.165, 1.54) is 83.5 Å². The van der Waals surface area contributed by atoms with E-state index in [9.17, 15) is 15.3 Å². The van der Waals surface area contributed by atoms with E-state index in [1.54, 1.807) is 0 Å². The van der Waals surface area contributed by atoms with Gasteiger partial charge in [-0.3, -0.25) is 0 Å². The van der Waals surface area contributed by atoms with Gasteiger partial charge in [0.25, 0.3) is 0 Å². The van der Waals surface area contributed by atoms with Gasteiger partial charge in [0.15, 0.2) is 0 Å². The zero-order valence-corrected chi connectivity index (χ0v) is 18.5. The van der Waals surface area contributed by atoms with Crippen LogP contribution in [0.2, 0.25) is 0 Å². The Labute approximate surface area is 178 Å². The van der Waals surface area contributed by atoms with E-state index in [0.29, 0.717) is 6.61 Å². The van der Waals surface area contributed by atoms with Crippen LogP contribution in [0.4, 0.5) is 0 Å². The highest BCUT2D eigenvalue weighted by atomic mass is 16.5. The summed E-state index contributed by atoms with van der Waals surface area (Å²) in [7, 11) is 0. The van der Waals surface area contributed by atoms with Gasteiger partial charge in [0.1, 0.15) is 24.4 Å². The second kappa shape index (κ2) is 18.3. The molecule has 0 unspecified atom stereocenters. The van der Waals surface area contributed by atoms with E-state index in [2.05, 4.69) is 6.58 Å². The lowest BCUT2D eigenvalue weighted by molar-refractivity contribution is -0.0813. The summed E-state index contributed by atoms with van der Waals surface area (Å²) < 4.78 is 10.7. The van der Waals surface area contributed by atoms with Crippen molar-refractivity contribution in [1.29, 1.82) is 0 Å². The first-order chi connectivity index (χ1) is 14.2. The van der Waals surface area contributed by atoms with E-state index in [-0.39, 0.29) is 13.2 Å². The van der Waals surface area contributed by atoms with Crippen LogP contribution in [0, 0.1) is 0 Å². The quantitative estimate of drug-likeness (QED) is 0.202. The Morgan fingerprint density at radius 2 is 1.31 bits per heavy atom. The number of aliphatic hydroxyl groups is 3. The van der Waals surface area contributed by atoms with Crippen molar-refractivity contribution >= 4 is 0 Å². The van der Waals surface area contributed by atoms with Gasteiger partial charge in [-0.2, -0.15) is 0 Å². The fourth-order valence-electron chi connectivity index (χ4n) is 3.88. The van der Waals surface area contributed by atoms with E-state index in [0.717, 1.165) is 12.8 Å². The van der Waals surface area contributed by atoms with Crippen LogP contribution in [-0.4, -0.2) is 59.6 Å². The molecule has 0 radical (unpaired) electrons. The monoisotopic (exact) mass is 414 g/mol. The van der Waals surface area contributed by atoms with Gasteiger partial charge in [-0.25, -0.2) is 0 Å². The topological polar surface area (TPSA) is 79.2 Å². The molecule has 0 saturated carbocycles. The highest BCUT2D eigenvalue weighted by Gasteiger charge is 2.39. The third kappa shape index (κ3) is 13.5. The van der Waals surface area contributed by atoms with Gasteiger partial charge in [-0.1, -0.05) is 83.1 Å². The van der Waals surface area contributed by atoms with Gasteiger partial charge >= 0.3 is 0 Å². The number of ether oxygens (including phenoxy) is 2. The molecule has 1 aliphatic rings. The van der Waals surface area contributed by atoms with E-state index >= 15 is 0 Å². The van der Waals surface area contributed by atoms with Gasteiger partial charge in [-0.05, 0) is 19.3 Å². The Morgan fingerprint density at radius 3 is 1.76 bits per heavy atom. The second-order valence-corrected chi connectivity index (χ2v) is 8.53. The second-order valence-electron chi connectivity index (χ2n) is 8.53. The minimum atomic E-state index is -1.03. The molecule has 29 heavy (non-hydrogen) atoms. The maximum Gasteiger partial charge on any atom is 0.114 e. The van der Waals surface area contributed by atoms with E-state index < -0.39 is 24.4 Å². The highest BCUT2D eigenvalue weighted by Crippen LogP contribution is 2.18. The minimum absolute atomic E-state index is 0.0688. The predicted molar refractivity (Wildman–Crippen MR) is 118 cm³/mol. The summed E-state index contributed by atoms with van der Waals surface area (Å²) in [6, 6.07) is 0.